The summed E-state index contributed by atoms with van der Waals surface area (Å²) in [4.78, 5) is 11.8. The molecule has 0 aromatic heterocycles. The second kappa shape index (κ2) is 3.73. The lowest BCUT2D eigenvalue weighted by atomic mass is 10.0. The van der Waals surface area contributed by atoms with E-state index in [1.54, 1.807) is 0 Å². The zero-order valence-electron chi connectivity index (χ0n) is 9.99. The van der Waals surface area contributed by atoms with Gasteiger partial charge in [-0.05, 0) is 55.4 Å². The fraction of sp³-hybridized carbons (Fsp3) is 0.923. The second-order valence-electron chi connectivity index (χ2n) is 6.13. The summed E-state index contributed by atoms with van der Waals surface area (Å²) >= 11 is 0. The molecule has 3 aliphatic rings. The van der Waals surface area contributed by atoms with Crippen molar-refractivity contribution in [3.05, 3.63) is 0 Å². The monoisotopic (exact) mass is 222 g/mol. The molecular weight excluding hydrogens is 200 g/mol. The topological polar surface area (TPSA) is 55.1 Å². The number of hydrogen-bond donors (Lipinski definition) is 2. The van der Waals surface area contributed by atoms with Crippen molar-refractivity contribution < 1.29 is 4.79 Å². The van der Waals surface area contributed by atoms with Crippen LogP contribution in [0.25, 0.3) is 0 Å². The number of fused-ring (bicyclic) bond motifs is 5. The van der Waals surface area contributed by atoms with Gasteiger partial charge in [-0.1, -0.05) is 6.92 Å². The fourth-order valence-electron chi connectivity index (χ4n) is 4.16. The quantitative estimate of drug-likeness (QED) is 0.749. The Kier molecular flexibility index (Phi) is 2.46. The zero-order valence-corrected chi connectivity index (χ0v) is 9.99. The Labute approximate surface area is 97.2 Å². The van der Waals surface area contributed by atoms with Crippen LogP contribution in [0.15, 0.2) is 0 Å². The minimum atomic E-state index is 0.219. The summed E-state index contributed by atoms with van der Waals surface area (Å²) in [6.07, 6.45) is 4.87. The molecule has 3 heteroatoms. The van der Waals surface area contributed by atoms with E-state index in [0.29, 0.717) is 24.9 Å². The van der Waals surface area contributed by atoms with Crippen molar-refractivity contribution in [2.24, 2.45) is 35.3 Å². The average Bonchev–Trinajstić information content (AvgIpc) is 2.69. The van der Waals surface area contributed by atoms with Crippen LogP contribution in [0, 0.1) is 29.6 Å². The maximum Gasteiger partial charge on any atom is 0.220 e. The molecule has 16 heavy (non-hydrogen) atoms. The molecule has 0 saturated heterocycles. The molecular formula is C13H22N2O. The van der Waals surface area contributed by atoms with Crippen LogP contribution in [0.3, 0.4) is 0 Å². The molecule has 3 aliphatic carbocycles. The number of hydrogen-bond acceptors (Lipinski definition) is 2. The lowest BCUT2D eigenvalue weighted by Crippen LogP contribution is -2.32. The molecule has 5 unspecified atom stereocenters. The van der Waals surface area contributed by atoms with E-state index in [0.717, 1.165) is 23.7 Å². The van der Waals surface area contributed by atoms with E-state index in [1.807, 2.05) is 6.92 Å². The Hall–Kier alpha value is -0.570. The van der Waals surface area contributed by atoms with Crippen LogP contribution in [-0.4, -0.2) is 18.5 Å². The highest BCUT2D eigenvalue weighted by Crippen LogP contribution is 2.65. The Morgan fingerprint density at radius 2 is 2.00 bits per heavy atom. The van der Waals surface area contributed by atoms with Crippen LogP contribution in [0.1, 0.15) is 32.6 Å². The normalized spacial score (nSPS) is 45.2. The third-order valence-electron chi connectivity index (χ3n) is 5.00. The molecule has 0 aromatic carbocycles. The molecule has 0 radical (unpaired) electrons. The highest BCUT2D eigenvalue weighted by Gasteiger charge is 2.65. The summed E-state index contributed by atoms with van der Waals surface area (Å²) < 4.78 is 0. The largest absolute Gasteiger partial charge is 0.353 e. The highest BCUT2D eigenvalue weighted by atomic mass is 16.1. The van der Waals surface area contributed by atoms with Gasteiger partial charge in [0.25, 0.3) is 0 Å². The van der Waals surface area contributed by atoms with Gasteiger partial charge in [-0.15, -0.1) is 0 Å². The first-order valence-electron chi connectivity index (χ1n) is 6.70. The summed E-state index contributed by atoms with van der Waals surface area (Å²) in [5.41, 5.74) is 5.53. The van der Waals surface area contributed by atoms with Crippen LogP contribution in [0.4, 0.5) is 0 Å². The SMILES string of the molecule is CC(CN)CC(=O)NC1C2C3CCC(C3)C12. The van der Waals surface area contributed by atoms with E-state index in [9.17, 15) is 4.79 Å². The van der Waals surface area contributed by atoms with Gasteiger partial charge in [0, 0.05) is 12.5 Å². The standard InChI is InChI=1S/C13H22N2O/c1-7(6-14)4-10(16)15-13-11-8-2-3-9(5-8)12(11)13/h7-9,11-13H,2-6,14H2,1H3,(H,15,16). The fourth-order valence-corrected chi connectivity index (χ4v) is 4.16. The molecule has 3 rings (SSSR count). The van der Waals surface area contributed by atoms with Crippen LogP contribution >= 0.6 is 0 Å². The second-order valence-corrected chi connectivity index (χ2v) is 6.13. The first-order chi connectivity index (χ1) is 7.70. The first-order valence-corrected chi connectivity index (χ1v) is 6.70. The predicted molar refractivity (Wildman–Crippen MR) is 62.6 cm³/mol. The smallest absolute Gasteiger partial charge is 0.220 e. The molecule has 0 heterocycles. The number of nitrogens with two attached hydrogens (primary N) is 1. The third kappa shape index (κ3) is 1.56. The zero-order chi connectivity index (χ0) is 11.3. The molecule has 5 atom stereocenters. The molecule has 0 spiro atoms. The lowest BCUT2D eigenvalue weighted by molar-refractivity contribution is -0.122. The van der Waals surface area contributed by atoms with Gasteiger partial charge < -0.3 is 11.1 Å². The van der Waals surface area contributed by atoms with Crippen molar-refractivity contribution in [2.75, 3.05) is 6.54 Å². The minimum Gasteiger partial charge on any atom is -0.353 e. The minimum absolute atomic E-state index is 0.219. The van der Waals surface area contributed by atoms with Gasteiger partial charge in [0.2, 0.25) is 5.91 Å². The van der Waals surface area contributed by atoms with E-state index >= 15 is 0 Å². The summed E-state index contributed by atoms with van der Waals surface area (Å²) in [6, 6.07) is 0.531. The number of carbonyl (C=O) groups is 1. The van der Waals surface area contributed by atoms with Crippen molar-refractivity contribution in [2.45, 2.75) is 38.6 Å². The van der Waals surface area contributed by atoms with Gasteiger partial charge in [-0.3, -0.25) is 4.79 Å². The van der Waals surface area contributed by atoms with Gasteiger partial charge in [0.05, 0.1) is 0 Å². The van der Waals surface area contributed by atoms with Crippen LogP contribution in [-0.2, 0) is 4.79 Å². The van der Waals surface area contributed by atoms with Gasteiger partial charge in [0.15, 0.2) is 0 Å². The van der Waals surface area contributed by atoms with Crippen LogP contribution < -0.4 is 11.1 Å². The Morgan fingerprint density at radius 3 is 2.56 bits per heavy atom. The van der Waals surface area contributed by atoms with Crippen LogP contribution in [0.2, 0.25) is 0 Å². The van der Waals surface area contributed by atoms with Crippen molar-refractivity contribution in [1.29, 1.82) is 0 Å². The van der Waals surface area contributed by atoms with E-state index in [2.05, 4.69) is 5.32 Å². The lowest BCUT2D eigenvalue weighted by Gasteiger charge is -2.12. The number of nitrogens with one attached hydrogen (secondary N) is 1. The van der Waals surface area contributed by atoms with Crippen molar-refractivity contribution in [3.8, 4) is 0 Å². The summed E-state index contributed by atoms with van der Waals surface area (Å²) in [7, 11) is 0. The molecule has 3 N–H and O–H groups in total. The van der Waals surface area contributed by atoms with E-state index < -0.39 is 0 Å². The maximum atomic E-state index is 11.8. The number of carbonyl (C=O) groups excluding carboxylic acids is 1. The van der Waals surface area contributed by atoms with Gasteiger partial charge >= 0.3 is 0 Å². The molecule has 0 aromatic rings. The Bertz CT molecular complexity index is 288. The van der Waals surface area contributed by atoms with E-state index in [1.165, 1.54) is 19.3 Å². The average molecular weight is 222 g/mol. The highest BCUT2D eigenvalue weighted by molar-refractivity contribution is 5.77. The van der Waals surface area contributed by atoms with Gasteiger partial charge in [0.1, 0.15) is 0 Å². The van der Waals surface area contributed by atoms with Gasteiger partial charge in [-0.25, -0.2) is 0 Å². The summed E-state index contributed by atoms with van der Waals surface area (Å²) in [6.45, 7) is 2.65. The predicted octanol–water partition coefficient (Wildman–Crippen LogP) is 1.13. The number of amides is 1. The molecule has 0 aliphatic heterocycles. The van der Waals surface area contributed by atoms with E-state index in [4.69, 9.17) is 5.73 Å². The van der Waals surface area contributed by atoms with Crippen molar-refractivity contribution in [1.82, 2.24) is 5.32 Å². The molecule has 3 fully saturated rings. The Balaban J connectivity index is 1.49. The molecule has 1 amide bonds. The van der Waals surface area contributed by atoms with Crippen molar-refractivity contribution >= 4 is 5.91 Å². The first kappa shape index (κ1) is 10.6. The summed E-state index contributed by atoms with van der Waals surface area (Å²) in [5.74, 6) is 4.10. The number of rotatable bonds is 4. The molecule has 2 bridgehead atoms. The van der Waals surface area contributed by atoms with Gasteiger partial charge in [-0.2, -0.15) is 0 Å². The van der Waals surface area contributed by atoms with Crippen molar-refractivity contribution in [3.63, 3.8) is 0 Å². The Morgan fingerprint density at radius 1 is 1.38 bits per heavy atom. The maximum absolute atomic E-state index is 11.8. The molecule has 90 valence electrons. The molecule has 3 saturated carbocycles. The molecule has 3 nitrogen and oxygen atoms in total. The summed E-state index contributed by atoms with van der Waals surface area (Å²) in [5, 5.41) is 3.23. The van der Waals surface area contributed by atoms with Crippen LogP contribution in [0.5, 0.6) is 0 Å². The van der Waals surface area contributed by atoms with E-state index in [-0.39, 0.29) is 5.91 Å². The third-order valence-corrected chi connectivity index (χ3v) is 5.00.